The van der Waals surface area contributed by atoms with Crippen LogP contribution in [0.15, 0.2) is 54.6 Å². The molecule has 0 atom stereocenters. The van der Waals surface area contributed by atoms with Gasteiger partial charge in [-0.1, -0.05) is 30.7 Å². The van der Waals surface area contributed by atoms with Crippen LogP contribution in [0.1, 0.15) is 30.5 Å². The van der Waals surface area contributed by atoms with Gasteiger partial charge in [0.05, 0.1) is 37.2 Å². The Bertz CT molecular complexity index is 1080. The van der Waals surface area contributed by atoms with Crippen LogP contribution in [0.5, 0.6) is 17.4 Å². The summed E-state index contributed by atoms with van der Waals surface area (Å²) in [7, 11) is 3.28. The lowest BCUT2D eigenvalue weighted by Gasteiger charge is -2.31. The van der Waals surface area contributed by atoms with E-state index in [1.807, 2.05) is 66.4 Å². The standard InChI is InChI=1S/C26H31N3O4/c1-19-24(18-28(15-16-31-2)25(30)20-9-7-10-20)26(29(27-19)21-11-5-4-6-12-21)33-23-14-8-13-22(17-23)32-3/h4-6,8,11-14,17,20H,7,9-10,15-16,18H2,1-3H3. The van der Waals surface area contributed by atoms with Crippen molar-refractivity contribution in [3.8, 4) is 23.1 Å². The summed E-state index contributed by atoms with van der Waals surface area (Å²) in [5.74, 6) is 2.22. The predicted molar refractivity (Wildman–Crippen MR) is 126 cm³/mol. The molecule has 7 heteroatoms. The summed E-state index contributed by atoms with van der Waals surface area (Å²) in [6.45, 7) is 3.38. The highest BCUT2D eigenvalue weighted by molar-refractivity contribution is 5.79. The Morgan fingerprint density at radius 1 is 1.09 bits per heavy atom. The van der Waals surface area contributed by atoms with Crippen LogP contribution >= 0.6 is 0 Å². The van der Waals surface area contributed by atoms with E-state index < -0.39 is 0 Å². The lowest BCUT2D eigenvalue weighted by molar-refractivity contribution is -0.139. The second kappa shape index (κ2) is 10.5. The molecule has 1 aliphatic rings. The fourth-order valence-corrected chi connectivity index (χ4v) is 3.92. The summed E-state index contributed by atoms with van der Waals surface area (Å²) in [5, 5.41) is 4.78. The third kappa shape index (κ3) is 5.20. The number of hydrogen-bond acceptors (Lipinski definition) is 5. The van der Waals surface area contributed by atoms with E-state index >= 15 is 0 Å². The van der Waals surface area contributed by atoms with Crippen molar-refractivity contribution in [1.82, 2.24) is 14.7 Å². The fraction of sp³-hybridized carbons (Fsp3) is 0.385. The van der Waals surface area contributed by atoms with E-state index in [0.717, 1.165) is 36.2 Å². The molecular weight excluding hydrogens is 418 g/mol. The lowest BCUT2D eigenvalue weighted by atomic mass is 9.84. The zero-order valence-electron chi connectivity index (χ0n) is 19.5. The van der Waals surface area contributed by atoms with E-state index in [1.165, 1.54) is 0 Å². The molecule has 1 amide bonds. The highest BCUT2D eigenvalue weighted by Crippen LogP contribution is 2.34. The molecule has 4 rings (SSSR count). The van der Waals surface area contributed by atoms with Crippen LogP contribution in [0.3, 0.4) is 0 Å². The van der Waals surface area contributed by atoms with Gasteiger partial charge in [0, 0.05) is 25.6 Å². The van der Waals surface area contributed by atoms with Crippen molar-refractivity contribution < 1.29 is 19.0 Å². The largest absolute Gasteiger partial charge is 0.497 e. The number of carbonyl (C=O) groups excluding carboxylic acids is 1. The minimum Gasteiger partial charge on any atom is -0.497 e. The van der Waals surface area contributed by atoms with Crippen LogP contribution in [0.4, 0.5) is 0 Å². The second-order valence-corrected chi connectivity index (χ2v) is 8.28. The zero-order chi connectivity index (χ0) is 23.2. The van der Waals surface area contributed by atoms with Gasteiger partial charge in [-0.05, 0) is 44.0 Å². The summed E-state index contributed by atoms with van der Waals surface area (Å²) in [4.78, 5) is 15.0. The molecule has 1 saturated carbocycles. The smallest absolute Gasteiger partial charge is 0.227 e. The van der Waals surface area contributed by atoms with Crippen LogP contribution in [-0.2, 0) is 16.1 Å². The van der Waals surface area contributed by atoms with Gasteiger partial charge in [0.2, 0.25) is 11.8 Å². The molecule has 3 aromatic rings. The molecule has 0 bridgehead atoms. The first kappa shape index (κ1) is 22.9. The topological polar surface area (TPSA) is 65.8 Å². The molecule has 0 saturated heterocycles. The van der Waals surface area contributed by atoms with Crippen LogP contribution in [0.2, 0.25) is 0 Å². The Kier molecular flexibility index (Phi) is 7.29. The van der Waals surface area contributed by atoms with Gasteiger partial charge in [-0.25, -0.2) is 4.68 Å². The summed E-state index contributed by atoms with van der Waals surface area (Å²) < 4.78 is 18.8. The van der Waals surface area contributed by atoms with Gasteiger partial charge < -0.3 is 19.1 Å². The SMILES string of the molecule is COCCN(Cc1c(C)nn(-c2ccccc2)c1Oc1cccc(OC)c1)C(=O)C1CCC1. The zero-order valence-corrected chi connectivity index (χ0v) is 19.5. The normalized spacial score (nSPS) is 13.4. The minimum atomic E-state index is 0.106. The maximum Gasteiger partial charge on any atom is 0.227 e. The van der Waals surface area contributed by atoms with Crippen molar-refractivity contribution >= 4 is 5.91 Å². The molecule has 33 heavy (non-hydrogen) atoms. The molecule has 0 N–H and O–H groups in total. The molecule has 1 aliphatic carbocycles. The summed E-state index contributed by atoms with van der Waals surface area (Å²) in [6.07, 6.45) is 3.03. The van der Waals surface area contributed by atoms with Crippen molar-refractivity contribution in [2.24, 2.45) is 5.92 Å². The van der Waals surface area contributed by atoms with Crippen molar-refractivity contribution in [1.29, 1.82) is 0 Å². The molecule has 1 heterocycles. The molecule has 0 aliphatic heterocycles. The maximum absolute atomic E-state index is 13.2. The third-order valence-corrected chi connectivity index (χ3v) is 6.07. The van der Waals surface area contributed by atoms with E-state index in [-0.39, 0.29) is 11.8 Å². The first-order chi connectivity index (χ1) is 16.1. The summed E-state index contributed by atoms with van der Waals surface area (Å²) in [5.41, 5.74) is 2.59. The average Bonchev–Trinajstić information content (AvgIpc) is 3.10. The van der Waals surface area contributed by atoms with Crippen molar-refractivity contribution in [3.63, 3.8) is 0 Å². The molecule has 174 valence electrons. The molecule has 0 unspecified atom stereocenters. The minimum absolute atomic E-state index is 0.106. The number of nitrogens with zero attached hydrogens (tertiary/aromatic N) is 3. The first-order valence-electron chi connectivity index (χ1n) is 11.3. The van der Waals surface area contributed by atoms with E-state index in [0.29, 0.717) is 37.1 Å². The van der Waals surface area contributed by atoms with Crippen molar-refractivity contribution in [2.45, 2.75) is 32.7 Å². The third-order valence-electron chi connectivity index (χ3n) is 6.07. The van der Waals surface area contributed by atoms with Gasteiger partial charge in [0.1, 0.15) is 11.5 Å². The van der Waals surface area contributed by atoms with Gasteiger partial charge in [0.25, 0.3) is 0 Å². The molecule has 1 aromatic heterocycles. The van der Waals surface area contributed by atoms with Crippen molar-refractivity contribution in [2.75, 3.05) is 27.4 Å². The lowest BCUT2D eigenvalue weighted by Crippen LogP contribution is -2.40. The van der Waals surface area contributed by atoms with Gasteiger partial charge in [-0.15, -0.1) is 0 Å². The Morgan fingerprint density at radius 2 is 1.85 bits per heavy atom. The van der Waals surface area contributed by atoms with Gasteiger partial charge in [-0.2, -0.15) is 5.10 Å². The molecule has 0 radical (unpaired) electrons. The second-order valence-electron chi connectivity index (χ2n) is 8.28. The molecule has 2 aromatic carbocycles. The number of aryl methyl sites for hydroxylation is 1. The predicted octanol–water partition coefficient (Wildman–Crippen LogP) is 4.76. The number of hydrogen-bond donors (Lipinski definition) is 0. The van der Waals surface area contributed by atoms with Gasteiger partial charge in [0.15, 0.2) is 0 Å². The molecular formula is C26H31N3O4. The Morgan fingerprint density at radius 3 is 2.52 bits per heavy atom. The van der Waals surface area contributed by atoms with Crippen LogP contribution in [0.25, 0.3) is 5.69 Å². The molecule has 7 nitrogen and oxygen atoms in total. The molecule has 0 spiro atoms. The highest BCUT2D eigenvalue weighted by atomic mass is 16.5. The average molecular weight is 450 g/mol. The van der Waals surface area contributed by atoms with E-state index in [4.69, 9.17) is 19.3 Å². The summed E-state index contributed by atoms with van der Waals surface area (Å²) >= 11 is 0. The van der Waals surface area contributed by atoms with E-state index in [2.05, 4.69) is 0 Å². The van der Waals surface area contributed by atoms with Crippen LogP contribution in [0, 0.1) is 12.8 Å². The van der Waals surface area contributed by atoms with Crippen LogP contribution in [-0.4, -0.2) is 48.0 Å². The number of amides is 1. The molecule has 1 fully saturated rings. The van der Waals surface area contributed by atoms with Crippen molar-refractivity contribution in [3.05, 3.63) is 65.9 Å². The quantitative estimate of drug-likeness (QED) is 0.447. The Hall–Kier alpha value is -3.32. The van der Waals surface area contributed by atoms with Gasteiger partial charge >= 0.3 is 0 Å². The monoisotopic (exact) mass is 449 g/mol. The first-order valence-corrected chi connectivity index (χ1v) is 11.3. The number of rotatable bonds is 10. The number of benzene rings is 2. The highest BCUT2D eigenvalue weighted by Gasteiger charge is 2.31. The Balaban J connectivity index is 1.72. The van der Waals surface area contributed by atoms with E-state index in [1.54, 1.807) is 18.9 Å². The Labute approximate surface area is 194 Å². The number of aromatic nitrogens is 2. The van der Waals surface area contributed by atoms with Gasteiger partial charge in [-0.3, -0.25) is 4.79 Å². The summed E-state index contributed by atoms with van der Waals surface area (Å²) in [6, 6.07) is 17.3. The van der Waals surface area contributed by atoms with Crippen LogP contribution < -0.4 is 9.47 Å². The maximum atomic E-state index is 13.2. The van der Waals surface area contributed by atoms with E-state index in [9.17, 15) is 4.79 Å². The number of carbonyl (C=O) groups is 1. The number of para-hydroxylation sites is 1. The number of methoxy groups -OCH3 is 2. The fourth-order valence-electron chi connectivity index (χ4n) is 3.92. The number of ether oxygens (including phenoxy) is 3.